The van der Waals surface area contributed by atoms with Crippen LogP contribution in [0.3, 0.4) is 0 Å². The second-order valence-electron chi connectivity index (χ2n) is 7.00. The van der Waals surface area contributed by atoms with Gasteiger partial charge in [-0.2, -0.15) is 0 Å². The van der Waals surface area contributed by atoms with E-state index in [0.717, 1.165) is 34.0 Å². The van der Waals surface area contributed by atoms with Gasteiger partial charge in [0.25, 0.3) is 0 Å². The molecule has 0 aliphatic carbocycles. The van der Waals surface area contributed by atoms with Gasteiger partial charge in [-0.05, 0) is 0 Å². The van der Waals surface area contributed by atoms with Gasteiger partial charge in [0.15, 0.2) is 0 Å². The van der Waals surface area contributed by atoms with Crippen LogP contribution in [-0.2, 0) is 0 Å². The molecular formula is C24H16N4OSe. The molecule has 0 saturated carbocycles. The van der Waals surface area contributed by atoms with Crippen molar-refractivity contribution in [2.24, 2.45) is 0 Å². The number of aromatic hydroxyl groups is 1. The third-order valence-electron chi connectivity index (χ3n) is 5.16. The van der Waals surface area contributed by atoms with Crippen molar-refractivity contribution in [1.82, 2.24) is 14.5 Å². The molecule has 30 heavy (non-hydrogen) atoms. The quantitative estimate of drug-likeness (QED) is 0.406. The van der Waals surface area contributed by atoms with Crippen LogP contribution in [0.1, 0.15) is 0 Å². The first-order valence-corrected chi connectivity index (χ1v) is 11.3. The van der Waals surface area contributed by atoms with E-state index in [-0.39, 0.29) is 20.7 Å². The summed E-state index contributed by atoms with van der Waals surface area (Å²) in [5, 5.41) is 10.3. The van der Waals surface area contributed by atoms with E-state index in [0.29, 0.717) is 0 Å². The van der Waals surface area contributed by atoms with Gasteiger partial charge in [-0.1, -0.05) is 0 Å². The topological polar surface area (TPSA) is 54.2 Å². The first kappa shape index (κ1) is 17.3. The molecule has 1 aliphatic rings. The van der Waals surface area contributed by atoms with Crippen LogP contribution in [0.2, 0.25) is 0 Å². The van der Waals surface area contributed by atoms with E-state index in [1.807, 2.05) is 67.0 Å². The number of phenolic OH excluding ortho intramolecular Hbond substituents is 1. The molecule has 0 unspecified atom stereocenters. The molecule has 6 rings (SSSR count). The Bertz CT molecular complexity index is 1400. The molecule has 5 nitrogen and oxygen atoms in total. The zero-order chi connectivity index (χ0) is 20.1. The molecule has 0 bridgehead atoms. The Morgan fingerprint density at radius 1 is 0.800 bits per heavy atom. The van der Waals surface area contributed by atoms with Gasteiger partial charge in [-0.3, -0.25) is 0 Å². The van der Waals surface area contributed by atoms with Crippen molar-refractivity contribution in [3.63, 3.8) is 0 Å². The van der Waals surface area contributed by atoms with E-state index in [9.17, 15) is 5.11 Å². The minimum atomic E-state index is 0.104. The molecule has 3 heterocycles. The molecule has 5 aromatic rings. The fourth-order valence-corrected chi connectivity index (χ4v) is 5.97. The van der Waals surface area contributed by atoms with Gasteiger partial charge >= 0.3 is 179 Å². The summed E-state index contributed by atoms with van der Waals surface area (Å²) < 4.78 is 4.55. The predicted octanol–water partition coefficient (Wildman–Crippen LogP) is 3.56. The van der Waals surface area contributed by atoms with Gasteiger partial charge in [0, 0.05) is 0 Å². The van der Waals surface area contributed by atoms with E-state index < -0.39 is 0 Å². The molecular weight excluding hydrogens is 439 g/mol. The molecule has 6 heteroatoms. The summed E-state index contributed by atoms with van der Waals surface area (Å²) in [5.74, 6) is 1.03. The van der Waals surface area contributed by atoms with Crippen LogP contribution in [-0.4, -0.2) is 34.6 Å². The molecule has 0 atom stereocenters. The Hall–Kier alpha value is -3.60. The van der Waals surface area contributed by atoms with E-state index in [2.05, 4.69) is 32.7 Å². The molecule has 1 aliphatic heterocycles. The van der Waals surface area contributed by atoms with Gasteiger partial charge in [0.05, 0.1) is 0 Å². The Morgan fingerprint density at radius 3 is 2.53 bits per heavy atom. The third kappa shape index (κ3) is 2.62. The molecule has 0 saturated heterocycles. The molecule has 0 fully saturated rings. The summed E-state index contributed by atoms with van der Waals surface area (Å²) in [4.78, 5) is 11.5. The zero-order valence-electron chi connectivity index (χ0n) is 15.8. The van der Waals surface area contributed by atoms with Gasteiger partial charge in [0.2, 0.25) is 0 Å². The summed E-state index contributed by atoms with van der Waals surface area (Å²) in [6.45, 7) is 0. The van der Waals surface area contributed by atoms with Crippen molar-refractivity contribution in [2.45, 2.75) is 0 Å². The second kappa shape index (κ2) is 6.73. The number of phenols is 1. The third-order valence-corrected chi connectivity index (χ3v) is 7.47. The Morgan fingerprint density at radius 2 is 1.63 bits per heavy atom. The van der Waals surface area contributed by atoms with Crippen LogP contribution in [0.25, 0.3) is 16.7 Å². The molecule has 3 aromatic carbocycles. The number of hydrogen-bond acceptors (Lipinski definition) is 4. The summed E-state index contributed by atoms with van der Waals surface area (Å²) in [6.07, 6.45) is 3.75. The van der Waals surface area contributed by atoms with Crippen LogP contribution in [0.5, 0.6) is 5.75 Å². The van der Waals surface area contributed by atoms with Crippen LogP contribution in [0, 0.1) is 0 Å². The van der Waals surface area contributed by atoms with Crippen LogP contribution in [0.4, 0.5) is 17.3 Å². The number of aromatic nitrogens is 3. The second-order valence-corrected chi connectivity index (χ2v) is 9.28. The van der Waals surface area contributed by atoms with Crippen molar-refractivity contribution in [3.05, 3.63) is 91.3 Å². The Labute approximate surface area is 179 Å². The number of benzene rings is 3. The fourth-order valence-electron chi connectivity index (χ4n) is 3.86. The number of para-hydroxylation sites is 3. The molecule has 0 spiro atoms. The monoisotopic (exact) mass is 456 g/mol. The molecule has 1 N–H and O–H groups in total. The zero-order valence-corrected chi connectivity index (χ0v) is 17.5. The summed E-state index contributed by atoms with van der Waals surface area (Å²) in [7, 11) is 0. The Balaban J connectivity index is 1.71. The SMILES string of the molecule is Oc1ccc2c(c1)N(c1nc3ccccc3n1-c1ccccc1)c1ccncc1[Se]2. The minimum absolute atomic E-state index is 0.104. The first-order chi connectivity index (χ1) is 14.8. The average molecular weight is 455 g/mol. The number of imidazole rings is 1. The standard InChI is InChI=1S/C24H16N4OSe/c29-17-10-11-22-21(14-17)28(20-12-13-25-15-23(20)30-22)24-26-18-8-4-5-9-19(18)27(24)16-6-2-1-3-7-16/h1-15,29H. The molecule has 0 radical (unpaired) electrons. The molecule has 0 amide bonds. The number of pyridine rings is 1. The normalized spacial score (nSPS) is 12.6. The summed E-state index contributed by atoms with van der Waals surface area (Å²) >= 11 is 0.104. The van der Waals surface area contributed by atoms with Crippen molar-refractivity contribution in [3.8, 4) is 11.4 Å². The van der Waals surface area contributed by atoms with E-state index >= 15 is 0 Å². The Kier molecular flexibility index (Phi) is 3.88. The van der Waals surface area contributed by atoms with Crippen LogP contribution in [0.15, 0.2) is 91.3 Å². The maximum absolute atomic E-state index is 10.3. The number of fused-ring (bicyclic) bond motifs is 3. The van der Waals surface area contributed by atoms with E-state index in [1.165, 1.54) is 8.92 Å². The number of anilines is 3. The van der Waals surface area contributed by atoms with E-state index in [4.69, 9.17) is 4.98 Å². The first-order valence-electron chi connectivity index (χ1n) is 9.57. The summed E-state index contributed by atoms with van der Waals surface area (Å²) in [5.41, 5.74) is 5.00. The number of rotatable bonds is 2. The van der Waals surface area contributed by atoms with E-state index in [1.54, 1.807) is 6.07 Å². The van der Waals surface area contributed by atoms with Crippen LogP contribution < -0.4 is 13.8 Å². The van der Waals surface area contributed by atoms with Gasteiger partial charge in [-0.15, -0.1) is 0 Å². The molecule has 144 valence electrons. The maximum atomic E-state index is 10.3. The van der Waals surface area contributed by atoms with Gasteiger partial charge in [-0.25, -0.2) is 0 Å². The predicted molar refractivity (Wildman–Crippen MR) is 120 cm³/mol. The van der Waals surface area contributed by atoms with Gasteiger partial charge < -0.3 is 0 Å². The van der Waals surface area contributed by atoms with Crippen molar-refractivity contribution in [2.75, 3.05) is 4.90 Å². The number of nitrogens with zero attached hydrogens (tertiary/aromatic N) is 4. The fraction of sp³-hybridized carbons (Fsp3) is 0. The summed E-state index contributed by atoms with van der Waals surface area (Å²) in [6, 6.07) is 26.0. The number of hydrogen-bond donors (Lipinski definition) is 1. The van der Waals surface area contributed by atoms with Gasteiger partial charge in [0.1, 0.15) is 0 Å². The van der Waals surface area contributed by atoms with Crippen molar-refractivity contribution < 1.29 is 5.11 Å². The average Bonchev–Trinajstić information content (AvgIpc) is 3.17. The van der Waals surface area contributed by atoms with Crippen molar-refractivity contribution >= 4 is 52.2 Å². The van der Waals surface area contributed by atoms with Crippen LogP contribution >= 0.6 is 0 Å². The molecule has 2 aromatic heterocycles. The van der Waals surface area contributed by atoms with Crippen molar-refractivity contribution in [1.29, 1.82) is 0 Å².